The van der Waals surface area contributed by atoms with Gasteiger partial charge in [0.15, 0.2) is 5.82 Å². The van der Waals surface area contributed by atoms with Crippen LogP contribution in [0, 0.1) is 12.8 Å². The molecule has 0 unspecified atom stereocenters. The maximum absolute atomic E-state index is 12.5. The van der Waals surface area contributed by atoms with E-state index in [1.807, 2.05) is 62.3 Å². The number of aromatic nitrogens is 2. The Kier molecular flexibility index (Phi) is 5.16. The number of anilines is 3. The monoisotopic (exact) mass is 339 g/mol. The largest absolute Gasteiger partial charge is 0.378 e. The highest BCUT2D eigenvalue weighted by molar-refractivity contribution is 5.92. The number of benzene rings is 1. The highest BCUT2D eigenvalue weighted by Gasteiger charge is 2.25. The molecule has 1 fully saturated rings. The van der Waals surface area contributed by atoms with Crippen LogP contribution in [0.5, 0.6) is 0 Å². The summed E-state index contributed by atoms with van der Waals surface area (Å²) in [5.41, 5.74) is 2.88. The van der Waals surface area contributed by atoms with Crippen LogP contribution in [-0.4, -0.2) is 43.3 Å². The summed E-state index contributed by atoms with van der Waals surface area (Å²) in [6, 6.07) is 11.9. The van der Waals surface area contributed by atoms with Gasteiger partial charge in [0.2, 0.25) is 5.91 Å². The average Bonchev–Trinajstić information content (AvgIpc) is 2.63. The molecule has 0 radical (unpaired) electrons. The van der Waals surface area contributed by atoms with Gasteiger partial charge in [0.25, 0.3) is 0 Å². The van der Waals surface area contributed by atoms with Gasteiger partial charge in [-0.25, -0.2) is 0 Å². The van der Waals surface area contributed by atoms with Crippen LogP contribution < -0.4 is 15.1 Å². The number of carbonyl (C=O) groups is 1. The maximum Gasteiger partial charge on any atom is 0.227 e. The number of hydrogen-bond acceptors (Lipinski definition) is 5. The molecule has 3 rings (SSSR count). The zero-order chi connectivity index (χ0) is 17.8. The predicted octanol–water partition coefficient (Wildman–Crippen LogP) is 2.71. The van der Waals surface area contributed by atoms with E-state index in [1.165, 1.54) is 0 Å². The molecule has 1 aliphatic heterocycles. The Hall–Kier alpha value is -2.63. The Bertz CT molecular complexity index is 704. The standard InChI is InChI=1S/C19H25N5O/c1-14-4-9-18(22-21-14)24-12-10-15(11-13-24)19(25)20-16-5-7-17(8-6-16)23(2)3/h4-9,15H,10-13H2,1-3H3,(H,20,25). The summed E-state index contributed by atoms with van der Waals surface area (Å²) < 4.78 is 0. The summed E-state index contributed by atoms with van der Waals surface area (Å²) in [6.07, 6.45) is 1.66. The van der Waals surface area contributed by atoms with Crippen LogP contribution >= 0.6 is 0 Å². The van der Waals surface area contributed by atoms with Crippen molar-refractivity contribution in [1.82, 2.24) is 10.2 Å². The van der Waals surface area contributed by atoms with Gasteiger partial charge in [0.05, 0.1) is 5.69 Å². The highest BCUT2D eigenvalue weighted by atomic mass is 16.1. The number of nitrogens with zero attached hydrogens (tertiary/aromatic N) is 4. The lowest BCUT2D eigenvalue weighted by Crippen LogP contribution is -2.38. The lowest BCUT2D eigenvalue weighted by Gasteiger charge is -2.31. The van der Waals surface area contributed by atoms with E-state index in [0.29, 0.717) is 0 Å². The first-order chi connectivity index (χ1) is 12.0. The topological polar surface area (TPSA) is 61.4 Å². The van der Waals surface area contributed by atoms with Crippen molar-refractivity contribution >= 4 is 23.1 Å². The molecule has 1 aromatic heterocycles. The van der Waals surface area contributed by atoms with E-state index in [9.17, 15) is 4.79 Å². The molecule has 132 valence electrons. The molecule has 1 N–H and O–H groups in total. The Labute approximate surface area is 148 Å². The highest BCUT2D eigenvalue weighted by Crippen LogP contribution is 2.23. The van der Waals surface area contributed by atoms with Crippen LogP contribution in [0.25, 0.3) is 0 Å². The molecule has 0 spiro atoms. The van der Waals surface area contributed by atoms with E-state index < -0.39 is 0 Å². The first-order valence-corrected chi connectivity index (χ1v) is 8.66. The second-order valence-electron chi connectivity index (χ2n) is 6.72. The fourth-order valence-electron chi connectivity index (χ4n) is 3.02. The number of aryl methyl sites for hydroxylation is 1. The van der Waals surface area contributed by atoms with Crippen molar-refractivity contribution in [2.75, 3.05) is 42.3 Å². The van der Waals surface area contributed by atoms with E-state index in [4.69, 9.17) is 0 Å². The zero-order valence-electron chi connectivity index (χ0n) is 15.1. The van der Waals surface area contributed by atoms with Gasteiger partial charge < -0.3 is 15.1 Å². The van der Waals surface area contributed by atoms with Crippen molar-refractivity contribution in [1.29, 1.82) is 0 Å². The Morgan fingerprint density at radius 2 is 1.76 bits per heavy atom. The molecule has 1 aliphatic rings. The number of hydrogen-bond donors (Lipinski definition) is 1. The van der Waals surface area contributed by atoms with Crippen LogP contribution in [0.3, 0.4) is 0 Å². The van der Waals surface area contributed by atoms with Crippen molar-refractivity contribution in [3.05, 3.63) is 42.1 Å². The summed E-state index contributed by atoms with van der Waals surface area (Å²) in [5.74, 6) is 1.04. The van der Waals surface area contributed by atoms with Crippen molar-refractivity contribution in [2.24, 2.45) is 5.92 Å². The van der Waals surface area contributed by atoms with Gasteiger partial charge in [-0.15, -0.1) is 5.10 Å². The minimum absolute atomic E-state index is 0.0446. The zero-order valence-corrected chi connectivity index (χ0v) is 15.1. The molecular weight excluding hydrogens is 314 g/mol. The molecule has 2 heterocycles. The van der Waals surface area contributed by atoms with Crippen molar-refractivity contribution < 1.29 is 4.79 Å². The quantitative estimate of drug-likeness (QED) is 0.928. The van der Waals surface area contributed by atoms with Crippen LogP contribution in [-0.2, 0) is 4.79 Å². The lowest BCUT2D eigenvalue weighted by molar-refractivity contribution is -0.120. The van der Waals surface area contributed by atoms with E-state index in [1.54, 1.807) is 0 Å². The van der Waals surface area contributed by atoms with Gasteiger partial charge in [-0.2, -0.15) is 5.10 Å². The lowest BCUT2D eigenvalue weighted by atomic mass is 9.96. The Balaban J connectivity index is 1.53. The van der Waals surface area contributed by atoms with E-state index in [2.05, 4.69) is 20.4 Å². The fraction of sp³-hybridized carbons (Fsp3) is 0.421. The molecule has 0 saturated carbocycles. The minimum atomic E-state index is 0.0446. The summed E-state index contributed by atoms with van der Waals surface area (Å²) in [7, 11) is 4.00. The third-order valence-electron chi connectivity index (χ3n) is 4.62. The molecule has 6 nitrogen and oxygen atoms in total. The molecular formula is C19H25N5O. The number of rotatable bonds is 4. The summed E-state index contributed by atoms with van der Waals surface area (Å²) in [5, 5.41) is 11.4. The maximum atomic E-state index is 12.5. The van der Waals surface area contributed by atoms with Gasteiger partial charge in [0.1, 0.15) is 0 Å². The fourth-order valence-corrected chi connectivity index (χ4v) is 3.02. The molecule has 0 bridgehead atoms. The van der Waals surface area contributed by atoms with Crippen molar-refractivity contribution in [3.63, 3.8) is 0 Å². The van der Waals surface area contributed by atoms with Crippen LogP contribution in [0.1, 0.15) is 18.5 Å². The third-order valence-corrected chi connectivity index (χ3v) is 4.62. The van der Waals surface area contributed by atoms with Crippen molar-refractivity contribution in [2.45, 2.75) is 19.8 Å². The normalized spacial score (nSPS) is 15.1. The van der Waals surface area contributed by atoms with Gasteiger partial charge in [-0.05, 0) is 56.2 Å². The van der Waals surface area contributed by atoms with Gasteiger partial charge in [-0.3, -0.25) is 4.79 Å². The number of nitrogens with one attached hydrogen (secondary N) is 1. The Morgan fingerprint density at radius 1 is 1.08 bits per heavy atom. The smallest absolute Gasteiger partial charge is 0.227 e. The Morgan fingerprint density at radius 3 is 2.32 bits per heavy atom. The molecule has 2 aromatic rings. The molecule has 0 aliphatic carbocycles. The molecule has 6 heteroatoms. The molecule has 1 aromatic carbocycles. The predicted molar refractivity (Wildman–Crippen MR) is 101 cm³/mol. The second-order valence-corrected chi connectivity index (χ2v) is 6.72. The minimum Gasteiger partial charge on any atom is -0.378 e. The van der Waals surface area contributed by atoms with Crippen LogP contribution in [0.2, 0.25) is 0 Å². The third kappa shape index (κ3) is 4.26. The van der Waals surface area contributed by atoms with Gasteiger partial charge in [0, 0.05) is 44.5 Å². The number of carbonyl (C=O) groups excluding carboxylic acids is 1. The average molecular weight is 339 g/mol. The SMILES string of the molecule is Cc1ccc(N2CCC(C(=O)Nc3ccc(N(C)C)cc3)CC2)nn1. The van der Waals surface area contributed by atoms with Crippen LogP contribution in [0.4, 0.5) is 17.2 Å². The van der Waals surface area contributed by atoms with Crippen LogP contribution in [0.15, 0.2) is 36.4 Å². The summed E-state index contributed by atoms with van der Waals surface area (Å²) in [4.78, 5) is 16.7. The first-order valence-electron chi connectivity index (χ1n) is 8.66. The molecule has 1 saturated heterocycles. The molecule has 25 heavy (non-hydrogen) atoms. The van der Waals surface area contributed by atoms with E-state index >= 15 is 0 Å². The van der Waals surface area contributed by atoms with E-state index in [0.717, 1.165) is 48.8 Å². The first kappa shape index (κ1) is 17.2. The summed E-state index contributed by atoms with van der Waals surface area (Å²) in [6.45, 7) is 3.59. The number of amides is 1. The number of piperidine rings is 1. The van der Waals surface area contributed by atoms with E-state index in [-0.39, 0.29) is 11.8 Å². The second kappa shape index (κ2) is 7.51. The molecule has 0 atom stereocenters. The van der Waals surface area contributed by atoms with Gasteiger partial charge in [-0.1, -0.05) is 0 Å². The van der Waals surface area contributed by atoms with Gasteiger partial charge >= 0.3 is 0 Å². The summed E-state index contributed by atoms with van der Waals surface area (Å²) >= 11 is 0. The van der Waals surface area contributed by atoms with Crippen molar-refractivity contribution in [3.8, 4) is 0 Å². The molecule has 1 amide bonds.